The van der Waals surface area contributed by atoms with E-state index in [4.69, 9.17) is 0 Å². The van der Waals surface area contributed by atoms with Crippen LogP contribution in [0.3, 0.4) is 0 Å². The maximum atomic E-state index is 11.9. The predicted molar refractivity (Wildman–Crippen MR) is 66.8 cm³/mol. The highest BCUT2D eigenvalue weighted by Gasteiger charge is 2.21. The number of carbonyl (C=O) groups excluding carboxylic acids is 1. The molecule has 1 fully saturated rings. The molecular formula is C13H19N3O. The first kappa shape index (κ1) is 12.0. The number of carbonyl (C=O) groups is 1. The number of rotatable bonds is 3. The number of hydrogen-bond donors (Lipinski definition) is 2. The van der Waals surface area contributed by atoms with Crippen LogP contribution in [0.5, 0.6) is 0 Å². The third kappa shape index (κ3) is 3.27. The molecule has 4 heteroatoms. The third-order valence-corrected chi connectivity index (χ3v) is 3.21. The van der Waals surface area contributed by atoms with Crippen LogP contribution in [0.2, 0.25) is 0 Å². The Morgan fingerprint density at radius 1 is 1.53 bits per heavy atom. The molecular weight excluding hydrogens is 214 g/mol. The summed E-state index contributed by atoms with van der Waals surface area (Å²) in [4.78, 5) is 15.9. The minimum atomic E-state index is -0.0922. The van der Waals surface area contributed by atoms with Crippen molar-refractivity contribution in [1.82, 2.24) is 15.6 Å². The quantitative estimate of drug-likeness (QED) is 0.828. The monoisotopic (exact) mass is 233 g/mol. The molecule has 1 aromatic rings. The Balaban J connectivity index is 1.89. The lowest BCUT2D eigenvalue weighted by Gasteiger charge is -2.29. The third-order valence-electron chi connectivity index (χ3n) is 3.21. The van der Waals surface area contributed by atoms with Crippen molar-refractivity contribution >= 4 is 5.91 Å². The molecule has 1 aliphatic heterocycles. The van der Waals surface area contributed by atoms with E-state index < -0.39 is 0 Å². The fraction of sp³-hybridized carbons (Fsp3) is 0.538. The van der Waals surface area contributed by atoms with Gasteiger partial charge in [0.1, 0.15) is 5.69 Å². The van der Waals surface area contributed by atoms with Crippen molar-refractivity contribution in [2.45, 2.75) is 38.3 Å². The van der Waals surface area contributed by atoms with Crippen molar-refractivity contribution in [3.8, 4) is 0 Å². The van der Waals surface area contributed by atoms with Crippen LogP contribution in [0.1, 0.15) is 36.7 Å². The van der Waals surface area contributed by atoms with E-state index in [1.807, 2.05) is 19.1 Å². The fourth-order valence-corrected chi connectivity index (χ4v) is 2.18. The van der Waals surface area contributed by atoms with Crippen LogP contribution >= 0.6 is 0 Å². The molecule has 2 unspecified atom stereocenters. The van der Waals surface area contributed by atoms with E-state index in [0.717, 1.165) is 13.0 Å². The van der Waals surface area contributed by atoms with Gasteiger partial charge in [0.15, 0.2) is 0 Å². The average molecular weight is 233 g/mol. The summed E-state index contributed by atoms with van der Waals surface area (Å²) in [5.41, 5.74) is 0.482. The van der Waals surface area contributed by atoms with Crippen molar-refractivity contribution in [2.75, 3.05) is 6.54 Å². The zero-order valence-electron chi connectivity index (χ0n) is 10.1. The van der Waals surface area contributed by atoms with Crippen LogP contribution in [-0.2, 0) is 0 Å². The Kier molecular flexibility index (Phi) is 4.09. The standard InChI is InChI=1S/C13H19N3O/c1-10(11-6-2-4-8-14-11)16-13(17)12-7-3-5-9-15-12/h3,5,7,9-11,14H,2,4,6,8H2,1H3,(H,16,17). The van der Waals surface area contributed by atoms with Gasteiger partial charge in [0, 0.05) is 18.3 Å². The van der Waals surface area contributed by atoms with E-state index in [9.17, 15) is 4.79 Å². The summed E-state index contributed by atoms with van der Waals surface area (Å²) in [6.07, 6.45) is 5.24. The van der Waals surface area contributed by atoms with Gasteiger partial charge in [-0.15, -0.1) is 0 Å². The van der Waals surface area contributed by atoms with E-state index >= 15 is 0 Å². The molecule has 0 radical (unpaired) electrons. The van der Waals surface area contributed by atoms with Crippen molar-refractivity contribution in [2.24, 2.45) is 0 Å². The van der Waals surface area contributed by atoms with Crippen LogP contribution in [0, 0.1) is 0 Å². The number of aromatic nitrogens is 1. The molecule has 17 heavy (non-hydrogen) atoms. The Morgan fingerprint density at radius 2 is 2.41 bits per heavy atom. The molecule has 0 aliphatic carbocycles. The molecule has 0 bridgehead atoms. The molecule has 0 saturated carbocycles. The van der Waals surface area contributed by atoms with Gasteiger partial charge in [0.05, 0.1) is 0 Å². The van der Waals surface area contributed by atoms with Crippen LogP contribution in [0.15, 0.2) is 24.4 Å². The molecule has 1 aliphatic rings. The number of hydrogen-bond acceptors (Lipinski definition) is 3. The summed E-state index contributed by atoms with van der Waals surface area (Å²) in [5, 5.41) is 6.44. The van der Waals surface area contributed by atoms with Gasteiger partial charge in [-0.05, 0) is 38.4 Å². The van der Waals surface area contributed by atoms with Crippen LogP contribution < -0.4 is 10.6 Å². The minimum absolute atomic E-state index is 0.0922. The lowest BCUT2D eigenvalue weighted by atomic mass is 9.99. The lowest BCUT2D eigenvalue weighted by Crippen LogP contribution is -2.50. The van der Waals surface area contributed by atoms with E-state index in [2.05, 4.69) is 15.6 Å². The van der Waals surface area contributed by atoms with Crippen molar-refractivity contribution in [1.29, 1.82) is 0 Å². The van der Waals surface area contributed by atoms with Gasteiger partial charge >= 0.3 is 0 Å². The molecule has 92 valence electrons. The molecule has 2 N–H and O–H groups in total. The highest BCUT2D eigenvalue weighted by Crippen LogP contribution is 2.10. The largest absolute Gasteiger partial charge is 0.347 e. The van der Waals surface area contributed by atoms with E-state index in [1.165, 1.54) is 12.8 Å². The Labute approximate surface area is 102 Å². The summed E-state index contributed by atoms with van der Waals surface area (Å²) in [5.74, 6) is -0.0922. The smallest absolute Gasteiger partial charge is 0.270 e. The molecule has 4 nitrogen and oxygen atoms in total. The SMILES string of the molecule is CC(NC(=O)c1ccccn1)C1CCCCN1. The molecule has 1 aromatic heterocycles. The average Bonchev–Trinajstić information content (AvgIpc) is 2.40. The Morgan fingerprint density at radius 3 is 3.06 bits per heavy atom. The molecule has 2 heterocycles. The van der Waals surface area contributed by atoms with Crippen molar-refractivity contribution in [3.63, 3.8) is 0 Å². The Hall–Kier alpha value is -1.42. The second-order valence-electron chi connectivity index (χ2n) is 4.53. The second kappa shape index (κ2) is 5.77. The number of pyridine rings is 1. The molecule has 0 aromatic carbocycles. The van der Waals surface area contributed by atoms with Crippen molar-refractivity contribution in [3.05, 3.63) is 30.1 Å². The van der Waals surface area contributed by atoms with Gasteiger partial charge in [0.25, 0.3) is 5.91 Å². The number of nitrogens with one attached hydrogen (secondary N) is 2. The topological polar surface area (TPSA) is 54.0 Å². The fourth-order valence-electron chi connectivity index (χ4n) is 2.18. The molecule has 1 saturated heterocycles. The second-order valence-corrected chi connectivity index (χ2v) is 4.53. The van der Waals surface area contributed by atoms with Crippen LogP contribution in [-0.4, -0.2) is 29.5 Å². The molecule has 2 atom stereocenters. The zero-order chi connectivity index (χ0) is 12.1. The summed E-state index contributed by atoms with van der Waals surface area (Å²) in [6, 6.07) is 5.89. The lowest BCUT2D eigenvalue weighted by molar-refractivity contribution is 0.0923. The van der Waals surface area contributed by atoms with E-state index in [-0.39, 0.29) is 11.9 Å². The van der Waals surface area contributed by atoms with Gasteiger partial charge in [-0.2, -0.15) is 0 Å². The first-order valence-electron chi connectivity index (χ1n) is 6.22. The predicted octanol–water partition coefficient (Wildman–Crippen LogP) is 1.34. The van der Waals surface area contributed by atoms with Gasteiger partial charge in [-0.25, -0.2) is 0 Å². The number of amides is 1. The van der Waals surface area contributed by atoms with Gasteiger partial charge < -0.3 is 10.6 Å². The summed E-state index contributed by atoms with van der Waals surface area (Å²) < 4.78 is 0. The highest BCUT2D eigenvalue weighted by molar-refractivity contribution is 5.92. The van der Waals surface area contributed by atoms with E-state index in [0.29, 0.717) is 11.7 Å². The van der Waals surface area contributed by atoms with Crippen molar-refractivity contribution < 1.29 is 4.79 Å². The van der Waals surface area contributed by atoms with Gasteiger partial charge in [-0.3, -0.25) is 9.78 Å². The summed E-state index contributed by atoms with van der Waals surface area (Å²) in [6.45, 7) is 3.10. The number of piperidine rings is 1. The van der Waals surface area contributed by atoms with Crippen LogP contribution in [0.4, 0.5) is 0 Å². The minimum Gasteiger partial charge on any atom is -0.347 e. The Bertz CT molecular complexity index is 360. The first-order chi connectivity index (χ1) is 8.27. The van der Waals surface area contributed by atoms with Gasteiger partial charge in [-0.1, -0.05) is 12.5 Å². The summed E-state index contributed by atoms with van der Waals surface area (Å²) >= 11 is 0. The highest BCUT2D eigenvalue weighted by atomic mass is 16.1. The summed E-state index contributed by atoms with van der Waals surface area (Å²) in [7, 11) is 0. The van der Waals surface area contributed by atoms with Crippen LogP contribution in [0.25, 0.3) is 0 Å². The number of nitrogens with zero attached hydrogens (tertiary/aromatic N) is 1. The normalized spacial score (nSPS) is 21.8. The zero-order valence-corrected chi connectivity index (χ0v) is 10.1. The maximum Gasteiger partial charge on any atom is 0.270 e. The molecule has 0 spiro atoms. The molecule has 2 rings (SSSR count). The molecule has 1 amide bonds. The van der Waals surface area contributed by atoms with E-state index in [1.54, 1.807) is 12.3 Å². The maximum absolute atomic E-state index is 11.9. The van der Waals surface area contributed by atoms with Gasteiger partial charge in [0.2, 0.25) is 0 Å². The first-order valence-corrected chi connectivity index (χ1v) is 6.22.